The van der Waals surface area contributed by atoms with Crippen LogP contribution >= 0.6 is 15.9 Å². The van der Waals surface area contributed by atoms with Crippen molar-refractivity contribution in [1.29, 1.82) is 0 Å². The highest BCUT2D eigenvalue weighted by Gasteiger charge is 2.10. The van der Waals surface area contributed by atoms with Gasteiger partial charge in [-0.2, -0.15) is 0 Å². The van der Waals surface area contributed by atoms with Crippen molar-refractivity contribution < 1.29 is 4.74 Å². The van der Waals surface area contributed by atoms with E-state index in [0.717, 1.165) is 16.6 Å². The van der Waals surface area contributed by atoms with Crippen LogP contribution in [0.1, 0.15) is 24.9 Å². The van der Waals surface area contributed by atoms with Crippen LogP contribution in [0.15, 0.2) is 22.7 Å². The van der Waals surface area contributed by atoms with Crippen LogP contribution in [-0.4, -0.2) is 14.2 Å². The number of methoxy groups -OCH3 is 1. The summed E-state index contributed by atoms with van der Waals surface area (Å²) in [5.41, 5.74) is 1.27. The molecule has 0 radical (unpaired) electrons. The third kappa shape index (κ3) is 2.49. The zero-order valence-corrected chi connectivity index (χ0v) is 10.4. The highest BCUT2D eigenvalue weighted by molar-refractivity contribution is 9.10. The number of ether oxygens (including phenoxy) is 1. The lowest BCUT2D eigenvalue weighted by atomic mass is 10.0. The minimum Gasteiger partial charge on any atom is -0.497 e. The molecular weight excluding hydrogens is 242 g/mol. The summed E-state index contributed by atoms with van der Waals surface area (Å²) in [6.07, 6.45) is 1.07. The molecule has 0 aromatic heterocycles. The van der Waals surface area contributed by atoms with Crippen molar-refractivity contribution in [2.24, 2.45) is 0 Å². The minimum atomic E-state index is 0.398. The van der Waals surface area contributed by atoms with Gasteiger partial charge in [0.15, 0.2) is 0 Å². The fourth-order valence-electron chi connectivity index (χ4n) is 1.50. The van der Waals surface area contributed by atoms with Gasteiger partial charge in [-0.1, -0.05) is 28.9 Å². The summed E-state index contributed by atoms with van der Waals surface area (Å²) in [5, 5.41) is 3.28. The minimum absolute atomic E-state index is 0.398. The van der Waals surface area contributed by atoms with E-state index < -0.39 is 0 Å². The van der Waals surface area contributed by atoms with Crippen LogP contribution in [0.4, 0.5) is 0 Å². The Labute approximate surface area is 93.8 Å². The van der Waals surface area contributed by atoms with Gasteiger partial charge in [0.1, 0.15) is 5.75 Å². The van der Waals surface area contributed by atoms with Gasteiger partial charge in [0.2, 0.25) is 0 Å². The molecule has 1 rings (SSSR count). The summed E-state index contributed by atoms with van der Waals surface area (Å²) in [5.74, 6) is 0.881. The Morgan fingerprint density at radius 3 is 2.64 bits per heavy atom. The Kier molecular flexibility index (Phi) is 4.42. The molecule has 2 nitrogen and oxygen atoms in total. The van der Waals surface area contributed by atoms with Crippen molar-refractivity contribution in [2.75, 3.05) is 14.2 Å². The summed E-state index contributed by atoms with van der Waals surface area (Å²) in [6.45, 7) is 2.16. The second-order valence-electron chi connectivity index (χ2n) is 3.14. The second kappa shape index (κ2) is 5.37. The van der Waals surface area contributed by atoms with E-state index in [-0.39, 0.29) is 0 Å². The lowest BCUT2D eigenvalue weighted by molar-refractivity contribution is 0.414. The van der Waals surface area contributed by atoms with Crippen LogP contribution in [0.2, 0.25) is 0 Å². The number of benzene rings is 1. The molecule has 0 saturated carbocycles. The summed E-state index contributed by atoms with van der Waals surface area (Å²) in [7, 11) is 3.65. The van der Waals surface area contributed by atoms with Crippen LogP contribution in [0, 0.1) is 0 Å². The summed E-state index contributed by atoms with van der Waals surface area (Å²) in [4.78, 5) is 0. The third-order valence-corrected chi connectivity index (χ3v) is 3.03. The predicted octanol–water partition coefficient (Wildman–Crippen LogP) is 3.13. The summed E-state index contributed by atoms with van der Waals surface area (Å²) < 4.78 is 6.24. The molecule has 3 heteroatoms. The molecule has 0 aliphatic heterocycles. The van der Waals surface area contributed by atoms with Crippen LogP contribution in [0.5, 0.6) is 5.75 Å². The van der Waals surface area contributed by atoms with E-state index in [9.17, 15) is 0 Å². The average molecular weight is 258 g/mol. The Bertz CT molecular complexity index is 297. The van der Waals surface area contributed by atoms with E-state index in [0.29, 0.717) is 6.04 Å². The smallest absolute Gasteiger partial charge is 0.120 e. The highest BCUT2D eigenvalue weighted by Crippen LogP contribution is 2.28. The van der Waals surface area contributed by atoms with E-state index in [4.69, 9.17) is 4.74 Å². The van der Waals surface area contributed by atoms with Crippen LogP contribution < -0.4 is 10.1 Å². The van der Waals surface area contributed by atoms with Crippen molar-refractivity contribution in [2.45, 2.75) is 19.4 Å². The fraction of sp³-hybridized carbons (Fsp3) is 0.455. The first kappa shape index (κ1) is 11.5. The van der Waals surface area contributed by atoms with E-state index in [1.165, 1.54) is 5.56 Å². The standard InChI is InChI=1S/C11H16BrNO/c1-4-11(13-2)9-6-5-8(14-3)7-10(9)12/h5-7,11,13H,4H2,1-3H3. The number of halogens is 1. The molecule has 0 bridgehead atoms. The first-order valence-electron chi connectivity index (χ1n) is 4.73. The molecule has 0 amide bonds. The highest BCUT2D eigenvalue weighted by atomic mass is 79.9. The molecular formula is C11H16BrNO. The number of hydrogen-bond donors (Lipinski definition) is 1. The normalized spacial score (nSPS) is 12.6. The molecule has 1 N–H and O–H groups in total. The lowest BCUT2D eigenvalue weighted by Gasteiger charge is -2.16. The van der Waals surface area contributed by atoms with Gasteiger partial charge in [0, 0.05) is 10.5 Å². The molecule has 0 spiro atoms. The number of rotatable bonds is 4. The zero-order chi connectivity index (χ0) is 10.6. The van der Waals surface area contributed by atoms with Gasteiger partial charge in [-0.05, 0) is 31.2 Å². The average Bonchev–Trinajstić information content (AvgIpc) is 2.22. The molecule has 1 aromatic rings. The Morgan fingerprint density at radius 2 is 2.21 bits per heavy atom. The maximum atomic E-state index is 5.15. The monoisotopic (exact) mass is 257 g/mol. The molecule has 0 aliphatic rings. The zero-order valence-electron chi connectivity index (χ0n) is 8.80. The summed E-state index contributed by atoms with van der Waals surface area (Å²) >= 11 is 3.55. The van der Waals surface area contributed by atoms with Crippen molar-refractivity contribution in [3.05, 3.63) is 28.2 Å². The quantitative estimate of drug-likeness (QED) is 0.895. The first-order chi connectivity index (χ1) is 6.72. The predicted molar refractivity (Wildman–Crippen MR) is 62.8 cm³/mol. The van der Waals surface area contributed by atoms with Gasteiger partial charge < -0.3 is 10.1 Å². The van der Waals surface area contributed by atoms with Crippen molar-refractivity contribution in [1.82, 2.24) is 5.32 Å². The maximum Gasteiger partial charge on any atom is 0.120 e. The Hall–Kier alpha value is -0.540. The van der Waals surface area contributed by atoms with Crippen molar-refractivity contribution in [3.63, 3.8) is 0 Å². The van der Waals surface area contributed by atoms with Gasteiger partial charge in [-0.25, -0.2) is 0 Å². The first-order valence-corrected chi connectivity index (χ1v) is 5.53. The molecule has 0 aliphatic carbocycles. The van der Waals surface area contributed by atoms with E-state index >= 15 is 0 Å². The largest absolute Gasteiger partial charge is 0.497 e. The summed E-state index contributed by atoms with van der Waals surface area (Å²) in [6, 6.07) is 6.47. The van der Waals surface area contributed by atoms with Gasteiger partial charge in [0.25, 0.3) is 0 Å². The molecule has 0 saturated heterocycles. The molecule has 78 valence electrons. The SMILES string of the molecule is CCC(NC)c1ccc(OC)cc1Br. The molecule has 0 fully saturated rings. The topological polar surface area (TPSA) is 21.3 Å². The molecule has 1 aromatic carbocycles. The van der Waals surface area contributed by atoms with Gasteiger partial charge in [0.05, 0.1) is 7.11 Å². The number of hydrogen-bond acceptors (Lipinski definition) is 2. The third-order valence-electron chi connectivity index (χ3n) is 2.34. The second-order valence-corrected chi connectivity index (χ2v) is 3.99. The van der Waals surface area contributed by atoms with E-state index in [2.05, 4.69) is 34.2 Å². The lowest BCUT2D eigenvalue weighted by Crippen LogP contribution is -2.15. The van der Waals surface area contributed by atoms with Gasteiger partial charge >= 0.3 is 0 Å². The number of nitrogens with one attached hydrogen (secondary N) is 1. The van der Waals surface area contributed by atoms with Crippen LogP contribution in [0.25, 0.3) is 0 Å². The van der Waals surface area contributed by atoms with Crippen molar-refractivity contribution >= 4 is 15.9 Å². The van der Waals surface area contributed by atoms with Crippen molar-refractivity contribution in [3.8, 4) is 5.75 Å². The Balaban J connectivity index is 2.98. The van der Waals surface area contributed by atoms with E-state index in [1.807, 2.05) is 19.2 Å². The molecule has 14 heavy (non-hydrogen) atoms. The van der Waals surface area contributed by atoms with E-state index in [1.54, 1.807) is 7.11 Å². The van der Waals surface area contributed by atoms with Gasteiger partial charge in [-0.15, -0.1) is 0 Å². The Morgan fingerprint density at radius 1 is 1.50 bits per heavy atom. The molecule has 1 unspecified atom stereocenters. The maximum absolute atomic E-state index is 5.15. The van der Waals surface area contributed by atoms with Crippen LogP contribution in [0.3, 0.4) is 0 Å². The fourth-order valence-corrected chi connectivity index (χ4v) is 2.13. The van der Waals surface area contributed by atoms with Crippen LogP contribution in [-0.2, 0) is 0 Å². The molecule has 0 heterocycles. The van der Waals surface area contributed by atoms with Gasteiger partial charge in [-0.3, -0.25) is 0 Å². The molecule has 1 atom stereocenters.